The minimum absolute atomic E-state index is 0.306. The molecule has 0 saturated carbocycles. The Morgan fingerprint density at radius 3 is 2.20 bits per heavy atom. The average Bonchev–Trinajstić information content (AvgIpc) is 1.38. The van der Waals surface area contributed by atoms with Gasteiger partial charge in [0.15, 0.2) is 0 Å². The van der Waals surface area contributed by atoms with Crippen LogP contribution in [-0.2, 0) is 25.3 Å². The van der Waals surface area contributed by atoms with E-state index in [4.69, 9.17) is 4.57 Å². The molecule has 0 heterocycles. The standard InChI is InChI=1S/FOPS2/c1-3(2)5-4. The van der Waals surface area contributed by atoms with Gasteiger partial charge in [-0.25, -0.2) is 4.57 Å². The van der Waals surface area contributed by atoms with Crippen LogP contribution in [0.25, 0.3) is 0 Å². The number of hydrogen-bond donors (Lipinski definition) is 0. The zero-order valence-electron chi connectivity index (χ0n) is 2.05. The molecule has 0 spiro atoms. The van der Waals surface area contributed by atoms with Crippen molar-refractivity contribution < 1.29 is 8.76 Å². The van der Waals surface area contributed by atoms with E-state index in [1.54, 1.807) is 0 Å². The molecule has 0 saturated heterocycles. The summed E-state index contributed by atoms with van der Waals surface area (Å²) in [5.74, 6) is 0. The summed E-state index contributed by atoms with van der Waals surface area (Å²) < 4.78 is 20.0. The quantitative estimate of drug-likeness (QED) is 0.457. The fourth-order valence-electron chi connectivity index (χ4n) is 0. The third-order valence-electron chi connectivity index (χ3n) is 0.0586. The molecule has 5 heavy (non-hydrogen) atoms. The first-order chi connectivity index (χ1) is 2.27. The Bertz CT molecular complexity index is 107. The number of rotatable bonds is 0. The first-order valence-corrected chi connectivity index (χ1v) is 4.20. The first-order valence-electron chi connectivity index (χ1n) is 0.701. The molecule has 0 amide bonds. The van der Waals surface area contributed by atoms with Gasteiger partial charge in [-0.3, -0.25) is 0 Å². The molecular weight excluding hydrogens is 130 g/mol. The van der Waals surface area contributed by atoms with Gasteiger partial charge in [0.2, 0.25) is 0 Å². The van der Waals surface area contributed by atoms with Crippen molar-refractivity contribution in [1.82, 2.24) is 0 Å². The molecule has 1 atom stereocenters. The van der Waals surface area contributed by atoms with Crippen LogP contribution in [0, 0.1) is 0 Å². The Labute approximate surface area is 37.0 Å². The molecule has 0 N–H and O–H groups in total. The van der Waals surface area contributed by atoms with Gasteiger partial charge in [-0.2, -0.15) is 0 Å². The Kier molecular flexibility index (Phi) is 2.95. The normalized spacial score (nSPS) is 10.2. The maximum absolute atomic E-state index is 10.8. The van der Waals surface area contributed by atoms with Crippen molar-refractivity contribution >= 4 is 27.6 Å². The lowest BCUT2D eigenvalue weighted by atomic mass is 16.0. The fraction of sp³-hybridized carbons (Fsp3) is 0. The molecule has 0 fully saturated rings. The number of hydrogen-bond acceptors (Lipinski definition) is 2. The minimum Gasteiger partial charge on any atom is -0.233 e. The molecule has 5 heteroatoms. The van der Waals surface area contributed by atoms with E-state index < -0.39 is 6.89 Å². The second-order valence-corrected chi connectivity index (χ2v) is 3.51. The third-order valence-corrected chi connectivity index (χ3v) is 1.58. The van der Waals surface area contributed by atoms with Crippen molar-refractivity contribution in [2.75, 3.05) is 0 Å². The molecule has 0 aromatic heterocycles. The zero-order chi connectivity index (χ0) is 4.28. The van der Waals surface area contributed by atoms with Crippen molar-refractivity contribution in [3.63, 3.8) is 0 Å². The third kappa shape index (κ3) is 4.47. The highest BCUT2D eigenvalue weighted by molar-refractivity contribution is 8.31. The highest BCUT2D eigenvalue weighted by Crippen LogP contribution is 2.01. The molecule has 0 aromatic carbocycles. The molecular formula is FOPS2. The summed E-state index contributed by atoms with van der Waals surface area (Å²) in [6, 6.07) is 0. The van der Waals surface area contributed by atoms with E-state index in [2.05, 4.69) is 11.2 Å². The van der Waals surface area contributed by atoms with Gasteiger partial charge >= 0.3 is 6.89 Å². The Balaban J connectivity index is 4.22. The van der Waals surface area contributed by atoms with Crippen molar-refractivity contribution in [2.24, 2.45) is 0 Å². The largest absolute Gasteiger partial charge is 0.351 e. The molecule has 0 radical (unpaired) electrons. The summed E-state index contributed by atoms with van der Waals surface area (Å²) in [5.41, 5.74) is 0. The monoisotopic (exact) mass is 130 g/mol. The molecule has 0 aliphatic rings. The van der Waals surface area contributed by atoms with Gasteiger partial charge in [0, 0.05) is 9.50 Å². The van der Waals surface area contributed by atoms with E-state index in [-0.39, 0.29) is 0 Å². The lowest BCUT2D eigenvalue weighted by molar-refractivity contribution is 0.574. The van der Waals surface area contributed by atoms with Crippen LogP contribution < -0.4 is 0 Å². The molecule has 0 aliphatic carbocycles. The minimum atomic E-state index is -2.62. The van der Waals surface area contributed by atoms with Crippen LogP contribution in [0.4, 0.5) is 4.20 Å². The molecule has 0 bridgehead atoms. The Hall–Kier alpha value is 0.470. The summed E-state index contributed by atoms with van der Waals surface area (Å²) in [4.78, 5) is 0. The molecule has 1 nitrogen and oxygen atoms in total. The average molecular weight is 130 g/mol. The first kappa shape index (κ1) is 5.47. The lowest BCUT2D eigenvalue weighted by Gasteiger charge is -1.38. The lowest BCUT2D eigenvalue weighted by Crippen LogP contribution is -1.09. The van der Waals surface area contributed by atoms with E-state index in [1.807, 2.05) is 0 Å². The molecule has 0 rings (SSSR count). The highest BCUT2D eigenvalue weighted by atomic mass is 32.9. The molecule has 0 aromatic rings. The van der Waals surface area contributed by atoms with E-state index in [0.717, 1.165) is 0 Å². The van der Waals surface area contributed by atoms with E-state index in [9.17, 15) is 4.20 Å². The van der Waals surface area contributed by atoms with Crippen LogP contribution in [0.3, 0.4) is 0 Å². The Morgan fingerprint density at radius 1 is 2.00 bits per heavy atom. The summed E-state index contributed by atoms with van der Waals surface area (Å²) in [5, 5.41) is 0. The van der Waals surface area contributed by atoms with Crippen LogP contribution in [0.15, 0.2) is 0 Å². The number of halogens is 1. The van der Waals surface area contributed by atoms with Crippen LogP contribution in [-0.4, -0.2) is 0 Å². The van der Waals surface area contributed by atoms with Crippen molar-refractivity contribution in [3.05, 3.63) is 0 Å². The summed E-state index contributed by atoms with van der Waals surface area (Å²) in [7, 11) is 0.306. The van der Waals surface area contributed by atoms with E-state index >= 15 is 0 Å². The predicted octanol–water partition coefficient (Wildman–Crippen LogP) is 1.16. The van der Waals surface area contributed by atoms with Crippen molar-refractivity contribution in [3.8, 4) is 0 Å². The molecule has 0 aliphatic heterocycles. The van der Waals surface area contributed by atoms with Crippen LogP contribution in [0.1, 0.15) is 0 Å². The zero-order valence-corrected chi connectivity index (χ0v) is 4.58. The van der Waals surface area contributed by atoms with Gasteiger partial charge < -0.3 is 0 Å². The SMILES string of the molecule is O=P(F)=S=S. The molecule has 1 unspecified atom stereocenters. The molecule has 30 valence electrons. The van der Waals surface area contributed by atoms with Crippen LogP contribution >= 0.6 is 6.89 Å². The summed E-state index contributed by atoms with van der Waals surface area (Å²) in [6.45, 7) is -2.62. The van der Waals surface area contributed by atoms with Gasteiger partial charge in [-0.1, -0.05) is 0 Å². The Morgan fingerprint density at radius 2 is 2.20 bits per heavy atom. The van der Waals surface area contributed by atoms with Gasteiger partial charge in [0.25, 0.3) is 0 Å². The fourth-order valence-corrected chi connectivity index (χ4v) is 0. The topological polar surface area (TPSA) is 17.1 Å². The maximum atomic E-state index is 10.8. The summed E-state index contributed by atoms with van der Waals surface area (Å²) in [6.07, 6.45) is 0. The van der Waals surface area contributed by atoms with Gasteiger partial charge in [-0.05, 0) is 11.2 Å². The summed E-state index contributed by atoms with van der Waals surface area (Å²) >= 11 is 3.93. The maximum Gasteiger partial charge on any atom is 0.351 e. The van der Waals surface area contributed by atoms with E-state index in [1.165, 1.54) is 0 Å². The highest BCUT2D eigenvalue weighted by Gasteiger charge is 1.60. The van der Waals surface area contributed by atoms with Crippen LogP contribution in [0.2, 0.25) is 0 Å². The smallest absolute Gasteiger partial charge is 0.233 e. The van der Waals surface area contributed by atoms with Crippen LogP contribution in [0.5, 0.6) is 0 Å². The van der Waals surface area contributed by atoms with Crippen molar-refractivity contribution in [1.29, 1.82) is 0 Å². The second-order valence-electron chi connectivity index (χ2n) is 0.287. The van der Waals surface area contributed by atoms with Crippen molar-refractivity contribution in [2.45, 2.75) is 0 Å². The second kappa shape index (κ2) is 2.69. The predicted molar refractivity (Wildman–Crippen MR) is 23.4 cm³/mol. The van der Waals surface area contributed by atoms with Gasteiger partial charge in [-0.15, -0.1) is 4.20 Å². The van der Waals surface area contributed by atoms with E-state index in [0.29, 0.717) is 9.50 Å². The van der Waals surface area contributed by atoms with Gasteiger partial charge in [0.05, 0.1) is 0 Å². The van der Waals surface area contributed by atoms with Gasteiger partial charge in [0.1, 0.15) is 0 Å².